The number of carbonyl (C=O) groups is 1. The number of ether oxygens (including phenoxy) is 1. The van der Waals surface area contributed by atoms with E-state index in [1.165, 1.54) is 5.69 Å². The van der Waals surface area contributed by atoms with Crippen LogP contribution in [0.15, 0.2) is 41.9 Å². The van der Waals surface area contributed by atoms with Gasteiger partial charge in [-0.3, -0.25) is 19.0 Å². The van der Waals surface area contributed by atoms with Crippen molar-refractivity contribution in [2.45, 2.75) is 6.54 Å². The largest absolute Gasteiger partial charge is 0.378 e. The fourth-order valence-electron chi connectivity index (χ4n) is 4.23. The molecular weight excluding hydrogens is 398 g/mol. The van der Waals surface area contributed by atoms with Crippen LogP contribution < -0.4 is 0 Å². The summed E-state index contributed by atoms with van der Waals surface area (Å²) in [7, 11) is 0. The number of carbonyl (C=O) groups excluding carboxylic acids is 1. The van der Waals surface area contributed by atoms with Crippen molar-refractivity contribution in [3.63, 3.8) is 0 Å². The number of benzene rings is 1. The van der Waals surface area contributed by atoms with E-state index in [-0.39, 0.29) is 5.91 Å². The highest BCUT2D eigenvalue weighted by Crippen LogP contribution is 2.27. The average molecular weight is 426 g/mol. The van der Waals surface area contributed by atoms with Crippen LogP contribution in [0.2, 0.25) is 0 Å². The Kier molecular flexibility index (Phi) is 5.81. The van der Waals surface area contributed by atoms with Gasteiger partial charge in [0.05, 0.1) is 31.1 Å². The van der Waals surface area contributed by atoms with Crippen LogP contribution in [-0.2, 0) is 16.1 Å². The molecule has 0 unspecified atom stereocenters. The number of aromatic nitrogens is 2. The molecule has 2 fully saturated rings. The molecule has 7 nitrogen and oxygen atoms in total. The zero-order valence-corrected chi connectivity index (χ0v) is 17.9. The topological polar surface area (TPSA) is 53.3 Å². The van der Waals surface area contributed by atoms with Crippen LogP contribution in [0.5, 0.6) is 0 Å². The van der Waals surface area contributed by atoms with Crippen LogP contribution in [0.1, 0.15) is 5.69 Å². The monoisotopic (exact) mass is 425 g/mol. The standard InChI is InChI=1S/C22H27N5O2S/c28-20(26-10-13-29-14-11-26)17-25-8-6-24(7-9-25)16-19-21(18-4-2-1-3-5-18)23-22-27(19)12-15-30-22/h1-5,12,15H,6-11,13-14,16-17H2. The molecule has 1 amide bonds. The van der Waals surface area contributed by atoms with Crippen LogP contribution in [0.4, 0.5) is 0 Å². The van der Waals surface area contributed by atoms with Gasteiger partial charge in [0, 0.05) is 63.0 Å². The molecule has 0 radical (unpaired) electrons. The zero-order valence-electron chi connectivity index (χ0n) is 17.1. The van der Waals surface area contributed by atoms with Crippen molar-refractivity contribution in [2.75, 3.05) is 59.0 Å². The summed E-state index contributed by atoms with van der Waals surface area (Å²) in [5.41, 5.74) is 3.49. The van der Waals surface area contributed by atoms with E-state index in [1.54, 1.807) is 11.3 Å². The maximum atomic E-state index is 12.5. The smallest absolute Gasteiger partial charge is 0.236 e. The first-order valence-electron chi connectivity index (χ1n) is 10.6. The van der Waals surface area contributed by atoms with Crippen LogP contribution in [0.3, 0.4) is 0 Å². The molecule has 0 saturated carbocycles. The third-order valence-corrected chi connectivity index (χ3v) is 6.73. The summed E-state index contributed by atoms with van der Waals surface area (Å²) < 4.78 is 7.57. The Morgan fingerprint density at radius 3 is 2.50 bits per heavy atom. The molecule has 2 aliphatic heterocycles. The number of hydrogen-bond donors (Lipinski definition) is 0. The molecule has 30 heavy (non-hydrogen) atoms. The van der Waals surface area contributed by atoms with Gasteiger partial charge in [-0.2, -0.15) is 0 Å². The Labute approximate surface area is 180 Å². The van der Waals surface area contributed by atoms with E-state index in [4.69, 9.17) is 9.72 Å². The Bertz CT molecular complexity index is 988. The molecule has 0 aliphatic carbocycles. The zero-order chi connectivity index (χ0) is 20.3. The number of nitrogens with zero attached hydrogens (tertiary/aromatic N) is 5. The quantitative estimate of drug-likeness (QED) is 0.626. The van der Waals surface area contributed by atoms with E-state index in [0.29, 0.717) is 19.8 Å². The van der Waals surface area contributed by atoms with Gasteiger partial charge in [-0.1, -0.05) is 30.3 Å². The molecule has 4 heterocycles. The molecule has 0 spiro atoms. The summed E-state index contributed by atoms with van der Waals surface area (Å²) in [6.07, 6.45) is 2.12. The van der Waals surface area contributed by atoms with Gasteiger partial charge in [-0.25, -0.2) is 4.98 Å². The third-order valence-electron chi connectivity index (χ3n) is 5.97. The number of thiazole rings is 1. The minimum atomic E-state index is 0.230. The Hall–Kier alpha value is -2.26. The maximum absolute atomic E-state index is 12.5. The molecule has 3 aromatic rings. The summed E-state index contributed by atoms with van der Waals surface area (Å²) >= 11 is 1.67. The molecule has 1 aromatic carbocycles. The number of amides is 1. The fourth-order valence-corrected chi connectivity index (χ4v) is 4.97. The van der Waals surface area contributed by atoms with Gasteiger partial charge in [0.25, 0.3) is 0 Å². The van der Waals surface area contributed by atoms with Crippen LogP contribution >= 0.6 is 11.3 Å². The molecule has 2 saturated heterocycles. The summed E-state index contributed by atoms with van der Waals surface area (Å²) in [6.45, 7) is 7.90. The number of piperazine rings is 1. The highest BCUT2D eigenvalue weighted by Gasteiger charge is 2.24. The summed E-state index contributed by atoms with van der Waals surface area (Å²) in [5.74, 6) is 0.230. The second-order valence-corrected chi connectivity index (χ2v) is 8.75. The second-order valence-electron chi connectivity index (χ2n) is 7.87. The van der Waals surface area contributed by atoms with Crippen molar-refractivity contribution in [1.29, 1.82) is 0 Å². The van der Waals surface area contributed by atoms with E-state index >= 15 is 0 Å². The van der Waals surface area contributed by atoms with E-state index < -0.39 is 0 Å². The van der Waals surface area contributed by atoms with Crippen molar-refractivity contribution in [3.8, 4) is 11.3 Å². The summed E-state index contributed by atoms with van der Waals surface area (Å²) in [6, 6.07) is 10.4. The van der Waals surface area contributed by atoms with Crippen molar-refractivity contribution in [2.24, 2.45) is 0 Å². The van der Waals surface area contributed by atoms with Crippen molar-refractivity contribution in [3.05, 3.63) is 47.6 Å². The SMILES string of the molecule is O=C(CN1CCN(Cc2c(-c3ccccc3)nc3sccn23)CC1)N1CCOCC1. The number of fused-ring (bicyclic) bond motifs is 1. The van der Waals surface area contributed by atoms with Gasteiger partial charge in [0.1, 0.15) is 0 Å². The van der Waals surface area contributed by atoms with Gasteiger partial charge in [-0.05, 0) is 0 Å². The lowest BCUT2D eigenvalue weighted by atomic mass is 10.1. The van der Waals surface area contributed by atoms with Crippen molar-refractivity contribution in [1.82, 2.24) is 24.1 Å². The number of morpholine rings is 1. The van der Waals surface area contributed by atoms with Crippen LogP contribution in [0.25, 0.3) is 16.2 Å². The van der Waals surface area contributed by atoms with Gasteiger partial charge in [0.15, 0.2) is 4.96 Å². The lowest BCUT2D eigenvalue weighted by Crippen LogP contribution is -2.51. The molecule has 2 aliphatic rings. The van der Waals surface area contributed by atoms with Crippen LogP contribution in [0, 0.1) is 0 Å². The van der Waals surface area contributed by atoms with E-state index in [0.717, 1.165) is 62.0 Å². The van der Waals surface area contributed by atoms with Gasteiger partial charge in [0.2, 0.25) is 5.91 Å². The number of imidazole rings is 1. The second kappa shape index (κ2) is 8.85. The first-order valence-corrected chi connectivity index (χ1v) is 11.5. The van der Waals surface area contributed by atoms with Crippen molar-refractivity contribution >= 4 is 22.2 Å². The highest BCUT2D eigenvalue weighted by molar-refractivity contribution is 7.15. The molecule has 158 valence electrons. The molecular formula is C22H27N5O2S. The summed E-state index contributed by atoms with van der Waals surface area (Å²) in [5, 5.41) is 2.09. The molecule has 0 N–H and O–H groups in total. The van der Waals surface area contributed by atoms with E-state index in [2.05, 4.69) is 50.0 Å². The Morgan fingerprint density at radius 1 is 1.00 bits per heavy atom. The molecule has 8 heteroatoms. The first kappa shape index (κ1) is 19.7. The average Bonchev–Trinajstić information content (AvgIpc) is 3.39. The highest BCUT2D eigenvalue weighted by atomic mass is 32.1. The van der Waals surface area contributed by atoms with Crippen LogP contribution in [-0.4, -0.2) is 89.0 Å². The normalized spacial score (nSPS) is 18.9. The lowest BCUT2D eigenvalue weighted by molar-refractivity contribution is -0.136. The molecule has 2 aromatic heterocycles. The van der Waals surface area contributed by atoms with E-state index in [1.807, 2.05) is 11.0 Å². The minimum absolute atomic E-state index is 0.230. The van der Waals surface area contributed by atoms with E-state index in [9.17, 15) is 4.79 Å². The summed E-state index contributed by atoms with van der Waals surface area (Å²) in [4.78, 5) is 25.2. The number of rotatable bonds is 5. The maximum Gasteiger partial charge on any atom is 0.236 e. The van der Waals surface area contributed by atoms with Gasteiger partial charge in [-0.15, -0.1) is 11.3 Å². The first-order chi connectivity index (χ1) is 14.8. The number of hydrogen-bond acceptors (Lipinski definition) is 6. The Morgan fingerprint density at radius 2 is 1.73 bits per heavy atom. The third kappa shape index (κ3) is 4.13. The molecule has 0 bridgehead atoms. The van der Waals surface area contributed by atoms with Gasteiger partial charge >= 0.3 is 0 Å². The molecule has 5 rings (SSSR count). The Balaban J connectivity index is 1.23. The lowest BCUT2D eigenvalue weighted by Gasteiger charge is -2.36. The molecule has 0 atom stereocenters. The predicted octanol–water partition coefficient (Wildman–Crippen LogP) is 2.04. The predicted molar refractivity (Wildman–Crippen MR) is 118 cm³/mol. The minimum Gasteiger partial charge on any atom is -0.378 e. The van der Waals surface area contributed by atoms with Gasteiger partial charge < -0.3 is 9.64 Å². The van der Waals surface area contributed by atoms with Crippen molar-refractivity contribution < 1.29 is 9.53 Å². The fraction of sp³-hybridized carbons (Fsp3) is 0.455.